The van der Waals surface area contributed by atoms with E-state index in [0.29, 0.717) is 12.1 Å². The van der Waals surface area contributed by atoms with Gasteiger partial charge in [0, 0.05) is 12.6 Å². The summed E-state index contributed by atoms with van der Waals surface area (Å²) in [5.74, 6) is 0.741. The summed E-state index contributed by atoms with van der Waals surface area (Å²) in [6.07, 6.45) is 5.33. The Morgan fingerprint density at radius 2 is 1.62 bits per heavy atom. The Labute approximate surface area is 102 Å². The van der Waals surface area contributed by atoms with Crippen molar-refractivity contribution < 1.29 is 4.74 Å². The molecule has 0 rings (SSSR count). The second-order valence-corrected chi connectivity index (χ2v) is 5.48. The standard InChI is InChI=1S/C14H31NO/c1-12(2)11-14(5)16-10-8-6-7-9-15-13(3)4/h12-15H,6-11H2,1-5H3. The van der Waals surface area contributed by atoms with Gasteiger partial charge in [-0.3, -0.25) is 0 Å². The van der Waals surface area contributed by atoms with Crippen LogP contribution in [-0.2, 0) is 4.74 Å². The highest BCUT2D eigenvalue weighted by Gasteiger charge is 2.04. The third kappa shape index (κ3) is 12.0. The molecule has 1 unspecified atom stereocenters. The summed E-state index contributed by atoms with van der Waals surface area (Å²) in [4.78, 5) is 0. The van der Waals surface area contributed by atoms with Gasteiger partial charge in [0.25, 0.3) is 0 Å². The van der Waals surface area contributed by atoms with Crippen molar-refractivity contribution in [3.8, 4) is 0 Å². The van der Waals surface area contributed by atoms with Crippen molar-refractivity contribution >= 4 is 0 Å². The third-order valence-electron chi connectivity index (χ3n) is 2.58. The van der Waals surface area contributed by atoms with Crippen molar-refractivity contribution in [3.05, 3.63) is 0 Å². The molecule has 0 heterocycles. The van der Waals surface area contributed by atoms with Crippen molar-refractivity contribution in [1.82, 2.24) is 5.32 Å². The zero-order chi connectivity index (χ0) is 12.4. The predicted molar refractivity (Wildman–Crippen MR) is 71.9 cm³/mol. The van der Waals surface area contributed by atoms with Crippen molar-refractivity contribution in [2.24, 2.45) is 5.92 Å². The highest BCUT2D eigenvalue weighted by molar-refractivity contribution is 4.55. The van der Waals surface area contributed by atoms with E-state index in [-0.39, 0.29) is 0 Å². The highest BCUT2D eigenvalue weighted by Crippen LogP contribution is 2.08. The van der Waals surface area contributed by atoms with Crippen LogP contribution in [0, 0.1) is 5.92 Å². The van der Waals surface area contributed by atoms with E-state index in [2.05, 4.69) is 39.9 Å². The molecule has 0 aliphatic rings. The van der Waals surface area contributed by atoms with Gasteiger partial charge >= 0.3 is 0 Å². The summed E-state index contributed by atoms with van der Waals surface area (Å²) in [5.41, 5.74) is 0. The average molecular weight is 229 g/mol. The van der Waals surface area contributed by atoms with Gasteiger partial charge in [0.2, 0.25) is 0 Å². The lowest BCUT2D eigenvalue weighted by molar-refractivity contribution is 0.0495. The topological polar surface area (TPSA) is 21.3 Å². The lowest BCUT2D eigenvalue weighted by Crippen LogP contribution is -2.23. The van der Waals surface area contributed by atoms with Gasteiger partial charge in [0.15, 0.2) is 0 Å². The first kappa shape index (κ1) is 15.9. The highest BCUT2D eigenvalue weighted by atomic mass is 16.5. The smallest absolute Gasteiger partial charge is 0.0549 e. The van der Waals surface area contributed by atoms with Crippen molar-refractivity contribution in [2.75, 3.05) is 13.2 Å². The lowest BCUT2D eigenvalue weighted by Gasteiger charge is -2.15. The van der Waals surface area contributed by atoms with E-state index in [9.17, 15) is 0 Å². The van der Waals surface area contributed by atoms with Gasteiger partial charge in [-0.05, 0) is 45.1 Å². The van der Waals surface area contributed by atoms with Crippen LogP contribution in [0.5, 0.6) is 0 Å². The van der Waals surface area contributed by atoms with Crippen LogP contribution in [0.1, 0.15) is 60.3 Å². The number of unbranched alkanes of at least 4 members (excludes halogenated alkanes) is 2. The zero-order valence-electron chi connectivity index (χ0n) is 11.9. The molecule has 0 radical (unpaired) electrons. The minimum Gasteiger partial charge on any atom is -0.379 e. The number of hydrogen-bond donors (Lipinski definition) is 1. The van der Waals surface area contributed by atoms with E-state index in [4.69, 9.17) is 4.74 Å². The number of ether oxygens (including phenoxy) is 1. The quantitative estimate of drug-likeness (QED) is 0.578. The first-order valence-electron chi connectivity index (χ1n) is 6.87. The zero-order valence-corrected chi connectivity index (χ0v) is 11.9. The second kappa shape index (κ2) is 10.1. The average Bonchev–Trinajstić information content (AvgIpc) is 2.14. The maximum absolute atomic E-state index is 5.76. The molecular weight excluding hydrogens is 198 g/mol. The fraction of sp³-hybridized carbons (Fsp3) is 1.00. The summed E-state index contributed by atoms with van der Waals surface area (Å²) in [6.45, 7) is 13.1. The molecule has 2 heteroatoms. The lowest BCUT2D eigenvalue weighted by atomic mass is 10.1. The molecule has 1 atom stereocenters. The van der Waals surface area contributed by atoms with Gasteiger partial charge in [-0.1, -0.05) is 27.7 Å². The molecule has 98 valence electrons. The van der Waals surface area contributed by atoms with Gasteiger partial charge in [0.05, 0.1) is 6.10 Å². The molecule has 0 spiro atoms. The molecule has 0 aromatic rings. The molecule has 0 aromatic heterocycles. The van der Waals surface area contributed by atoms with Crippen LogP contribution in [0.3, 0.4) is 0 Å². The Bertz CT molecular complexity index is 146. The van der Waals surface area contributed by atoms with E-state index in [1.807, 2.05) is 0 Å². The Kier molecular flexibility index (Phi) is 10.0. The largest absolute Gasteiger partial charge is 0.379 e. The van der Waals surface area contributed by atoms with Crippen molar-refractivity contribution in [3.63, 3.8) is 0 Å². The minimum absolute atomic E-state index is 0.425. The summed E-state index contributed by atoms with van der Waals surface area (Å²) in [7, 11) is 0. The first-order chi connectivity index (χ1) is 7.52. The third-order valence-corrected chi connectivity index (χ3v) is 2.58. The van der Waals surface area contributed by atoms with Gasteiger partial charge in [-0.15, -0.1) is 0 Å². The molecular formula is C14H31NO. The molecule has 0 saturated carbocycles. The van der Waals surface area contributed by atoms with Crippen LogP contribution in [-0.4, -0.2) is 25.3 Å². The van der Waals surface area contributed by atoms with Crippen LogP contribution < -0.4 is 5.32 Å². The predicted octanol–water partition coefficient (Wildman–Crippen LogP) is 3.61. The van der Waals surface area contributed by atoms with E-state index in [0.717, 1.165) is 19.1 Å². The number of nitrogens with one attached hydrogen (secondary N) is 1. The molecule has 0 saturated heterocycles. The maximum atomic E-state index is 5.76. The van der Waals surface area contributed by atoms with Crippen LogP contribution >= 0.6 is 0 Å². The molecule has 0 fully saturated rings. The molecule has 2 nitrogen and oxygen atoms in total. The van der Waals surface area contributed by atoms with E-state index >= 15 is 0 Å². The minimum atomic E-state index is 0.425. The summed E-state index contributed by atoms with van der Waals surface area (Å²) < 4.78 is 5.76. The van der Waals surface area contributed by atoms with Gasteiger partial charge in [-0.2, -0.15) is 0 Å². The molecule has 0 amide bonds. The second-order valence-electron chi connectivity index (χ2n) is 5.48. The Hall–Kier alpha value is -0.0800. The molecule has 0 bridgehead atoms. The van der Waals surface area contributed by atoms with Crippen LogP contribution in [0.25, 0.3) is 0 Å². The van der Waals surface area contributed by atoms with Crippen LogP contribution in [0.4, 0.5) is 0 Å². The van der Waals surface area contributed by atoms with Crippen molar-refractivity contribution in [1.29, 1.82) is 0 Å². The van der Waals surface area contributed by atoms with E-state index in [1.165, 1.54) is 25.7 Å². The molecule has 0 aliphatic heterocycles. The SMILES string of the molecule is CC(C)CC(C)OCCCCCNC(C)C. The summed E-state index contributed by atoms with van der Waals surface area (Å²) in [6, 6.07) is 0.613. The normalized spacial score (nSPS) is 13.7. The Morgan fingerprint density at radius 1 is 0.938 bits per heavy atom. The summed E-state index contributed by atoms with van der Waals surface area (Å²) in [5, 5.41) is 3.43. The monoisotopic (exact) mass is 229 g/mol. The van der Waals surface area contributed by atoms with E-state index in [1.54, 1.807) is 0 Å². The number of hydrogen-bond acceptors (Lipinski definition) is 2. The molecule has 0 aliphatic carbocycles. The fourth-order valence-corrected chi connectivity index (χ4v) is 1.81. The molecule has 1 N–H and O–H groups in total. The van der Waals surface area contributed by atoms with Crippen LogP contribution in [0.15, 0.2) is 0 Å². The van der Waals surface area contributed by atoms with Crippen LogP contribution in [0.2, 0.25) is 0 Å². The van der Waals surface area contributed by atoms with Gasteiger partial charge in [0.1, 0.15) is 0 Å². The maximum Gasteiger partial charge on any atom is 0.0549 e. The Morgan fingerprint density at radius 3 is 2.19 bits per heavy atom. The van der Waals surface area contributed by atoms with E-state index < -0.39 is 0 Å². The molecule has 0 aromatic carbocycles. The fourth-order valence-electron chi connectivity index (χ4n) is 1.81. The summed E-state index contributed by atoms with van der Waals surface area (Å²) >= 11 is 0. The Balaban J connectivity index is 3.14. The van der Waals surface area contributed by atoms with Gasteiger partial charge < -0.3 is 10.1 Å². The number of rotatable bonds is 10. The first-order valence-corrected chi connectivity index (χ1v) is 6.87. The van der Waals surface area contributed by atoms with Crippen molar-refractivity contribution in [2.45, 2.75) is 72.4 Å². The van der Waals surface area contributed by atoms with Gasteiger partial charge in [-0.25, -0.2) is 0 Å². The molecule has 16 heavy (non-hydrogen) atoms.